The summed E-state index contributed by atoms with van der Waals surface area (Å²) in [6.07, 6.45) is 3.65. The van der Waals surface area contributed by atoms with Gasteiger partial charge in [-0.15, -0.1) is 0 Å². The Bertz CT molecular complexity index is 603. The minimum atomic E-state index is -3.50. The third kappa shape index (κ3) is 4.05. The van der Waals surface area contributed by atoms with Gasteiger partial charge in [-0.05, 0) is 0 Å². The molecule has 0 saturated heterocycles. The lowest BCUT2D eigenvalue weighted by Gasteiger charge is -2.08. The Hall–Kier alpha value is -0.970. The predicted octanol–water partition coefficient (Wildman–Crippen LogP) is -1.32. The highest BCUT2D eigenvalue weighted by atomic mass is 32.2. The molecule has 0 spiro atoms. The standard InChI is InChI=1S/C8H16N4O4S2/c1-11(2)18(15,16)8-6-9-12(7-8)5-4-10-17(3,13)14/h6-7,10H,4-5H2,1-3H3. The second kappa shape index (κ2) is 5.34. The Labute approximate surface area is 107 Å². The summed E-state index contributed by atoms with van der Waals surface area (Å²) in [7, 11) is -3.89. The first-order chi connectivity index (χ1) is 8.13. The second-order valence-electron chi connectivity index (χ2n) is 3.89. The lowest BCUT2D eigenvalue weighted by molar-refractivity contribution is 0.520. The van der Waals surface area contributed by atoms with Crippen LogP contribution in [0.25, 0.3) is 0 Å². The zero-order chi connectivity index (χ0) is 14.0. The zero-order valence-electron chi connectivity index (χ0n) is 10.4. The fourth-order valence-corrected chi connectivity index (χ4v) is 2.48. The number of aromatic nitrogens is 2. The van der Waals surface area contributed by atoms with Gasteiger partial charge in [-0.25, -0.2) is 25.9 Å². The first kappa shape index (κ1) is 15.1. The number of nitrogens with zero attached hydrogens (tertiary/aromatic N) is 3. The number of nitrogens with one attached hydrogen (secondary N) is 1. The molecule has 10 heteroatoms. The molecule has 0 aromatic carbocycles. The van der Waals surface area contributed by atoms with Crippen LogP contribution in [0.1, 0.15) is 0 Å². The van der Waals surface area contributed by atoms with E-state index < -0.39 is 20.0 Å². The van der Waals surface area contributed by atoms with Crippen molar-refractivity contribution in [1.29, 1.82) is 0 Å². The molecule has 1 aromatic rings. The first-order valence-corrected chi connectivity index (χ1v) is 8.36. The topological polar surface area (TPSA) is 101 Å². The number of hydrogen-bond donors (Lipinski definition) is 1. The largest absolute Gasteiger partial charge is 0.270 e. The van der Waals surface area contributed by atoms with E-state index in [1.807, 2.05) is 0 Å². The number of rotatable bonds is 6. The van der Waals surface area contributed by atoms with Crippen LogP contribution < -0.4 is 4.72 Å². The fourth-order valence-electron chi connectivity index (χ4n) is 1.16. The maximum atomic E-state index is 11.7. The van der Waals surface area contributed by atoms with Crippen LogP contribution in [0.5, 0.6) is 0 Å². The summed E-state index contributed by atoms with van der Waals surface area (Å²) < 4.78 is 49.9. The highest BCUT2D eigenvalue weighted by Crippen LogP contribution is 2.10. The Morgan fingerprint density at radius 3 is 2.44 bits per heavy atom. The minimum absolute atomic E-state index is 0.0758. The molecule has 8 nitrogen and oxygen atoms in total. The molecular formula is C8H16N4O4S2. The molecule has 0 bridgehead atoms. The second-order valence-corrected chi connectivity index (χ2v) is 7.88. The maximum Gasteiger partial charge on any atom is 0.245 e. The van der Waals surface area contributed by atoms with Crippen molar-refractivity contribution in [2.45, 2.75) is 11.4 Å². The van der Waals surface area contributed by atoms with E-state index in [0.29, 0.717) is 0 Å². The Morgan fingerprint density at radius 2 is 1.94 bits per heavy atom. The summed E-state index contributed by atoms with van der Waals surface area (Å²) in [5, 5.41) is 3.86. The smallest absolute Gasteiger partial charge is 0.245 e. The van der Waals surface area contributed by atoms with Crippen molar-refractivity contribution in [3.8, 4) is 0 Å². The van der Waals surface area contributed by atoms with E-state index in [0.717, 1.165) is 10.6 Å². The average Bonchev–Trinajstić information content (AvgIpc) is 2.64. The number of hydrogen-bond acceptors (Lipinski definition) is 5. The number of sulfonamides is 2. The van der Waals surface area contributed by atoms with Crippen molar-refractivity contribution in [3.63, 3.8) is 0 Å². The molecule has 0 radical (unpaired) electrons. The van der Waals surface area contributed by atoms with Gasteiger partial charge < -0.3 is 0 Å². The van der Waals surface area contributed by atoms with E-state index in [2.05, 4.69) is 9.82 Å². The maximum absolute atomic E-state index is 11.7. The molecule has 0 aliphatic rings. The predicted molar refractivity (Wildman–Crippen MR) is 65.9 cm³/mol. The lowest BCUT2D eigenvalue weighted by Crippen LogP contribution is -2.26. The fraction of sp³-hybridized carbons (Fsp3) is 0.625. The van der Waals surface area contributed by atoms with Crippen molar-refractivity contribution < 1.29 is 16.8 Å². The Balaban J connectivity index is 2.71. The van der Waals surface area contributed by atoms with Gasteiger partial charge in [0.2, 0.25) is 20.0 Å². The van der Waals surface area contributed by atoms with E-state index in [9.17, 15) is 16.8 Å². The van der Waals surface area contributed by atoms with Crippen molar-refractivity contribution in [2.75, 3.05) is 26.9 Å². The van der Waals surface area contributed by atoms with Crippen LogP contribution in [0.3, 0.4) is 0 Å². The summed E-state index contributed by atoms with van der Waals surface area (Å²) in [5.41, 5.74) is 0. The summed E-state index contributed by atoms with van der Waals surface area (Å²) in [6, 6.07) is 0. The average molecular weight is 296 g/mol. The van der Waals surface area contributed by atoms with Crippen LogP contribution in [0, 0.1) is 0 Å². The molecule has 0 unspecified atom stereocenters. The molecule has 1 rings (SSSR count). The van der Waals surface area contributed by atoms with Gasteiger partial charge in [-0.2, -0.15) is 5.10 Å². The van der Waals surface area contributed by atoms with E-state index in [1.54, 1.807) is 0 Å². The molecular weight excluding hydrogens is 280 g/mol. The van der Waals surface area contributed by atoms with Crippen molar-refractivity contribution in [3.05, 3.63) is 12.4 Å². The van der Waals surface area contributed by atoms with Gasteiger partial charge in [0.15, 0.2) is 0 Å². The highest BCUT2D eigenvalue weighted by molar-refractivity contribution is 7.89. The summed E-state index contributed by atoms with van der Waals surface area (Å²) in [5.74, 6) is 0. The SMILES string of the molecule is CN(C)S(=O)(=O)c1cnn(CCNS(C)(=O)=O)c1. The molecule has 0 fully saturated rings. The Kier molecular flexibility index (Phi) is 4.48. The molecule has 1 aromatic heterocycles. The van der Waals surface area contributed by atoms with E-state index in [1.165, 1.54) is 31.2 Å². The highest BCUT2D eigenvalue weighted by Gasteiger charge is 2.19. The third-order valence-corrected chi connectivity index (χ3v) is 4.59. The first-order valence-electron chi connectivity index (χ1n) is 5.02. The molecule has 18 heavy (non-hydrogen) atoms. The molecule has 0 atom stereocenters. The molecule has 0 saturated carbocycles. The third-order valence-electron chi connectivity index (χ3n) is 2.09. The Morgan fingerprint density at radius 1 is 1.33 bits per heavy atom. The van der Waals surface area contributed by atoms with Crippen LogP contribution in [-0.2, 0) is 26.6 Å². The van der Waals surface area contributed by atoms with Crippen LogP contribution in [0.15, 0.2) is 17.3 Å². The molecule has 1 N–H and O–H groups in total. The van der Waals surface area contributed by atoms with Gasteiger partial charge in [0.05, 0.1) is 19.0 Å². The molecule has 0 amide bonds. The monoisotopic (exact) mass is 296 g/mol. The van der Waals surface area contributed by atoms with Gasteiger partial charge >= 0.3 is 0 Å². The van der Waals surface area contributed by atoms with Crippen LogP contribution >= 0.6 is 0 Å². The summed E-state index contributed by atoms with van der Waals surface area (Å²) in [4.78, 5) is 0.0758. The minimum Gasteiger partial charge on any atom is -0.270 e. The molecule has 104 valence electrons. The zero-order valence-corrected chi connectivity index (χ0v) is 12.0. The molecule has 1 heterocycles. The summed E-state index contributed by atoms with van der Waals surface area (Å²) >= 11 is 0. The summed E-state index contributed by atoms with van der Waals surface area (Å²) in [6.45, 7) is 0.415. The van der Waals surface area contributed by atoms with Gasteiger partial charge in [0, 0.05) is 26.8 Å². The van der Waals surface area contributed by atoms with Crippen molar-refractivity contribution in [1.82, 2.24) is 18.8 Å². The van der Waals surface area contributed by atoms with E-state index in [-0.39, 0.29) is 18.0 Å². The quantitative estimate of drug-likeness (QED) is 0.702. The van der Waals surface area contributed by atoms with Crippen molar-refractivity contribution >= 4 is 20.0 Å². The molecule has 0 aliphatic heterocycles. The lowest BCUT2D eigenvalue weighted by atomic mass is 10.6. The van der Waals surface area contributed by atoms with Gasteiger partial charge in [0.1, 0.15) is 4.90 Å². The van der Waals surface area contributed by atoms with Crippen LogP contribution in [-0.4, -0.2) is 57.8 Å². The van der Waals surface area contributed by atoms with Crippen LogP contribution in [0.2, 0.25) is 0 Å². The van der Waals surface area contributed by atoms with E-state index in [4.69, 9.17) is 0 Å². The van der Waals surface area contributed by atoms with E-state index >= 15 is 0 Å². The van der Waals surface area contributed by atoms with Gasteiger partial charge in [-0.1, -0.05) is 0 Å². The van der Waals surface area contributed by atoms with Gasteiger partial charge in [-0.3, -0.25) is 4.68 Å². The normalized spacial score (nSPS) is 13.1. The van der Waals surface area contributed by atoms with Crippen molar-refractivity contribution in [2.24, 2.45) is 0 Å². The molecule has 0 aliphatic carbocycles. The van der Waals surface area contributed by atoms with Crippen LogP contribution in [0.4, 0.5) is 0 Å². The van der Waals surface area contributed by atoms with Gasteiger partial charge in [0.25, 0.3) is 0 Å².